The monoisotopic (exact) mass is 281 g/mol. The predicted molar refractivity (Wildman–Crippen MR) is 70.1 cm³/mol. The Bertz CT molecular complexity index is 540. The minimum absolute atomic E-state index is 0.0728. The minimum Gasteiger partial charge on any atom is -0.478 e. The highest BCUT2D eigenvalue weighted by atomic mass is 19.1. The highest BCUT2D eigenvalue weighted by molar-refractivity contribution is 5.98. The molecule has 0 saturated heterocycles. The average Bonchev–Trinajstić information content (AvgIpc) is 3.19. The van der Waals surface area contributed by atoms with Gasteiger partial charge in [0.2, 0.25) is 5.91 Å². The van der Waals surface area contributed by atoms with Crippen molar-refractivity contribution in [3.63, 3.8) is 0 Å². The van der Waals surface area contributed by atoms with E-state index >= 15 is 0 Å². The first kappa shape index (κ1) is 14.5. The van der Waals surface area contributed by atoms with Crippen molar-refractivity contribution in [3.05, 3.63) is 29.6 Å². The highest BCUT2D eigenvalue weighted by Crippen LogP contribution is 2.46. The molecule has 2 N–H and O–H groups in total. The zero-order valence-electron chi connectivity index (χ0n) is 11.1. The zero-order chi connectivity index (χ0) is 14.8. The summed E-state index contributed by atoms with van der Waals surface area (Å²) in [7, 11) is 0. The first-order chi connectivity index (χ1) is 9.48. The summed E-state index contributed by atoms with van der Waals surface area (Å²) in [6.07, 6.45) is 1.39. The number of ether oxygens (including phenoxy) is 1. The van der Waals surface area contributed by atoms with Gasteiger partial charge in [-0.25, -0.2) is 9.18 Å². The zero-order valence-corrected chi connectivity index (χ0v) is 11.1. The van der Waals surface area contributed by atoms with Gasteiger partial charge < -0.3 is 15.2 Å². The van der Waals surface area contributed by atoms with Crippen LogP contribution in [0.15, 0.2) is 18.2 Å². The lowest BCUT2D eigenvalue weighted by Gasteiger charge is -2.15. The Morgan fingerprint density at radius 1 is 1.45 bits per heavy atom. The van der Waals surface area contributed by atoms with Gasteiger partial charge >= 0.3 is 5.97 Å². The van der Waals surface area contributed by atoms with Crippen molar-refractivity contribution >= 4 is 17.6 Å². The molecular formula is C14H16FNO4. The molecule has 0 unspecified atom stereocenters. The van der Waals surface area contributed by atoms with Crippen LogP contribution in [0.4, 0.5) is 10.1 Å². The van der Waals surface area contributed by atoms with Gasteiger partial charge in [-0.3, -0.25) is 4.79 Å². The summed E-state index contributed by atoms with van der Waals surface area (Å²) in [4.78, 5) is 23.0. The molecule has 20 heavy (non-hydrogen) atoms. The Kier molecular flexibility index (Phi) is 4.04. The molecule has 1 saturated carbocycles. The molecule has 2 rings (SSSR count). The van der Waals surface area contributed by atoms with Crippen LogP contribution in [0.2, 0.25) is 0 Å². The van der Waals surface area contributed by atoms with Gasteiger partial charge in [0.05, 0.1) is 23.3 Å². The molecule has 6 heteroatoms. The summed E-state index contributed by atoms with van der Waals surface area (Å²) in [5.74, 6) is -2.15. The van der Waals surface area contributed by atoms with Crippen molar-refractivity contribution < 1.29 is 23.8 Å². The molecule has 108 valence electrons. The lowest BCUT2D eigenvalue weighted by atomic mass is 10.1. The van der Waals surface area contributed by atoms with Gasteiger partial charge in [-0.15, -0.1) is 0 Å². The Balaban J connectivity index is 2.11. The third kappa shape index (κ3) is 2.96. The maximum absolute atomic E-state index is 13.6. The Morgan fingerprint density at radius 2 is 2.15 bits per heavy atom. The molecule has 0 radical (unpaired) electrons. The quantitative estimate of drug-likeness (QED) is 0.838. The number of carbonyl (C=O) groups excluding carboxylic acids is 1. The standard InChI is InChI=1S/C14H16FNO4/c1-2-20-8-14(5-6-14)13(19)16-11-7-9(12(17)18)3-4-10(11)15/h3-4,7H,2,5-6,8H2,1H3,(H,16,19)(H,17,18). The van der Waals surface area contributed by atoms with E-state index in [0.29, 0.717) is 26.1 Å². The number of aromatic carboxylic acids is 1. The smallest absolute Gasteiger partial charge is 0.335 e. The summed E-state index contributed by atoms with van der Waals surface area (Å²) < 4.78 is 18.9. The maximum atomic E-state index is 13.6. The molecule has 1 aliphatic rings. The number of hydrogen-bond donors (Lipinski definition) is 2. The molecule has 1 aliphatic carbocycles. The number of halogens is 1. The summed E-state index contributed by atoms with van der Waals surface area (Å²) in [5, 5.41) is 11.3. The lowest BCUT2D eigenvalue weighted by Crippen LogP contribution is -2.29. The van der Waals surface area contributed by atoms with Gasteiger partial charge in [-0.05, 0) is 38.0 Å². The summed E-state index contributed by atoms with van der Waals surface area (Å²) >= 11 is 0. The van der Waals surface area contributed by atoms with Crippen LogP contribution < -0.4 is 5.32 Å². The van der Waals surface area contributed by atoms with Crippen LogP contribution in [0.5, 0.6) is 0 Å². The van der Waals surface area contributed by atoms with Crippen LogP contribution in [0, 0.1) is 11.2 Å². The van der Waals surface area contributed by atoms with E-state index in [1.54, 1.807) is 0 Å². The van der Waals surface area contributed by atoms with Crippen molar-refractivity contribution in [1.29, 1.82) is 0 Å². The Hall–Kier alpha value is -1.95. The third-order valence-electron chi connectivity index (χ3n) is 3.38. The van der Waals surface area contributed by atoms with Crippen LogP contribution in [0.25, 0.3) is 0 Å². The van der Waals surface area contributed by atoms with E-state index in [1.165, 1.54) is 0 Å². The number of rotatable bonds is 6. The van der Waals surface area contributed by atoms with Crippen molar-refractivity contribution in [2.75, 3.05) is 18.5 Å². The number of benzene rings is 1. The number of carboxylic acid groups (broad SMARTS) is 1. The minimum atomic E-state index is -1.17. The molecule has 0 bridgehead atoms. The molecule has 0 atom stereocenters. The van der Waals surface area contributed by atoms with Gasteiger partial charge in [0.15, 0.2) is 0 Å². The van der Waals surface area contributed by atoms with E-state index in [0.717, 1.165) is 18.2 Å². The van der Waals surface area contributed by atoms with E-state index in [9.17, 15) is 14.0 Å². The van der Waals surface area contributed by atoms with Crippen LogP contribution in [-0.2, 0) is 9.53 Å². The van der Waals surface area contributed by atoms with Gasteiger partial charge in [0.25, 0.3) is 0 Å². The highest BCUT2D eigenvalue weighted by Gasteiger charge is 2.50. The SMILES string of the molecule is CCOCC1(C(=O)Nc2cc(C(=O)O)ccc2F)CC1. The Morgan fingerprint density at radius 3 is 2.70 bits per heavy atom. The van der Waals surface area contributed by atoms with Gasteiger partial charge in [0, 0.05) is 6.61 Å². The van der Waals surface area contributed by atoms with Crippen molar-refractivity contribution in [3.8, 4) is 0 Å². The fourth-order valence-corrected chi connectivity index (χ4v) is 1.89. The third-order valence-corrected chi connectivity index (χ3v) is 3.38. The number of nitrogens with one attached hydrogen (secondary N) is 1. The summed E-state index contributed by atoms with van der Waals surface area (Å²) in [6, 6.07) is 3.30. The van der Waals surface area contributed by atoms with Gasteiger partial charge in [0.1, 0.15) is 5.82 Å². The molecule has 0 aromatic heterocycles. The van der Waals surface area contributed by atoms with Gasteiger partial charge in [-0.1, -0.05) is 0 Å². The molecule has 1 fully saturated rings. The molecule has 1 amide bonds. The average molecular weight is 281 g/mol. The second kappa shape index (κ2) is 5.58. The number of anilines is 1. The topological polar surface area (TPSA) is 75.6 Å². The van der Waals surface area contributed by atoms with Crippen LogP contribution in [0.1, 0.15) is 30.1 Å². The van der Waals surface area contributed by atoms with Crippen molar-refractivity contribution in [1.82, 2.24) is 0 Å². The summed E-state index contributed by atoms with van der Waals surface area (Å²) in [6.45, 7) is 2.65. The van der Waals surface area contributed by atoms with E-state index in [2.05, 4.69) is 5.32 Å². The normalized spacial score (nSPS) is 15.7. The van der Waals surface area contributed by atoms with Crippen LogP contribution >= 0.6 is 0 Å². The van der Waals surface area contributed by atoms with Crippen LogP contribution in [0.3, 0.4) is 0 Å². The fourth-order valence-electron chi connectivity index (χ4n) is 1.89. The molecule has 0 aliphatic heterocycles. The maximum Gasteiger partial charge on any atom is 0.335 e. The number of carboxylic acids is 1. The molecule has 5 nitrogen and oxygen atoms in total. The molecule has 0 spiro atoms. The number of carbonyl (C=O) groups is 2. The first-order valence-corrected chi connectivity index (χ1v) is 6.40. The molecule has 1 aromatic rings. The number of amides is 1. The van der Waals surface area contributed by atoms with Gasteiger partial charge in [-0.2, -0.15) is 0 Å². The molecular weight excluding hydrogens is 265 g/mol. The van der Waals surface area contributed by atoms with E-state index in [4.69, 9.17) is 9.84 Å². The van der Waals surface area contributed by atoms with Crippen molar-refractivity contribution in [2.24, 2.45) is 5.41 Å². The fraction of sp³-hybridized carbons (Fsp3) is 0.429. The van der Waals surface area contributed by atoms with E-state index in [-0.39, 0.29) is 17.2 Å². The first-order valence-electron chi connectivity index (χ1n) is 6.40. The lowest BCUT2D eigenvalue weighted by molar-refractivity contribution is -0.123. The molecule has 1 aromatic carbocycles. The van der Waals surface area contributed by atoms with E-state index in [1.807, 2.05) is 6.92 Å². The largest absolute Gasteiger partial charge is 0.478 e. The predicted octanol–water partition coefficient (Wildman–Crippen LogP) is 2.28. The summed E-state index contributed by atoms with van der Waals surface area (Å²) in [5.41, 5.74) is -0.782. The second-order valence-corrected chi connectivity index (χ2v) is 4.87. The second-order valence-electron chi connectivity index (χ2n) is 4.87. The Labute approximate surface area is 115 Å². The number of hydrogen-bond acceptors (Lipinski definition) is 3. The van der Waals surface area contributed by atoms with E-state index < -0.39 is 17.2 Å². The van der Waals surface area contributed by atoms with Crippen molar-refractivity contribution in [2.45, 2.75) is 19.8 Å². The van der Waals surface area contributed by atoms with Crippen LogP contribution in [-0.4, -0.2) is 30.2 Å². The molecule has 0 heterocycles.